The van der Waals surface area contributed by atoms with Crippen molar-refractivity contribution in [3.63, 3.8) is 0 Å². The summed E-state index contributed by atoms with van der Waals surface area (Å²) < 4.78 is 10.7. The molecule has 0 aliphatic heterocycles. The molecule has 0 spiro atoms. The van der Waals surface area contributed by atoms with Crippen molar-refractivity contribution >= 4 is 0 Å². The van der Waals surface area contributed by atoms with Crippen LogP contribution in [0.2, 0.25) is 0 Å². The molecule has 0 saturated heterocycles. The normalized spacial score (nSPS) is 18.1. The van der Waals surface area contributed by atoms with E-state index < -0.39 is 0 Å². The van der Waals surface area contributed by atoms with Crippen LogP contribution in [0.4, 0.5) is 0 Å². The monoisotopic (exact) mass is 259 g/mol. The summed E-state index contributed by atoms with van der Waals surface area (Å²) in [5, 5.41) is 13.9. The summed E-state index contributed by atoms with van der Waals surface area (Å²) in [7, 11) is 0. The Labute approximate surface area is 112 Å². The number of aryl methyl sites for hydroxylation is 2. The van der Waals surface area contributed by atoms with Gasteiger partial charge < -0.3 is 14.4 Å². The fourth-order valence-electron chi connectivity index (χ4n) is 2.49. The summed E-state index contributed by atoms with van der Waals surface area (Å²) >= 11 is 0. The highest BCUT2D eigenvalue weighted by Crippen LogP contribution is 2.32. The van der Waals surface area contributed by atoms with Crippen molar-refractivity contribution in [3.05, 3.63) is 46.8 Å². The summed E-state index contributed by atoms with van der Waals surface area (Å²) in [6.07, 6.45) is 2.56. The molecule has 1 aliphatic carbocycles. The zero-order valence-electron chi connectivity index (χ0n) is 10.9. The third kappa shape index (κ3) is 2.63. The van der Waals surface area contributed by atoms with Crippen LogP contribution in [-0.2, 0) is 13.0 Å². The molecule has 0 fully saturated rings. The maximum Gasteiger partial charge on any atom is 0.134 e. The first-order valence-corrected chi connectivity index (χ1v) is 6.58. The summed E-state index contributed by atoms with van der Waals surface area (Å²) in [4.78, 5) is 0. The highest BCUT2D eigenvalue weighted by molar-refractivity contribution is 5.38. The summed E-state index contributed by atoms with van der Waals surface area (Å²) in [6, 6.07) is 7.78. The second kappa shape index (κ2) is 5.05. The molecule has 4 nitrogen and oxygen atoms in total. The Morgan fingerprint density at radius 3 is 3.11 bits per heavy atom. The number of nitrogens with zero attached hydrogens (tertiary/aromatic N) is 1. The quantitative estimate of drug-likeness (QED) is 0.920. The topological polar surface area (TPSA) is 55.5 Å². The molecule has 1 atom stereocenters. The van der Waals surface area contributed by atoms with Gasteiger partial charge in [-0.3, -0.25) is 0 Å². The molecule has 1 aromatic heterocycles. The highest BCUT2D eigenvalue weighted by Gasteiger charge is 2.18. The van der Waals surface area contributed by atoms with Crippen LogP contribution in [0.15, 0.2) is 28.8 Å². The van der Waals surface area contributed by atoms with Crippen LogP contribution in [-0.4, -0.2) is 10.3 Å². The highest BCUT2D eigenvalue weighted by atomic mass is 16.5. The first kappa shape index (κ1) is 12.2. The minimum absolute atomic E-state index is 0.360. The van der Waals surface area contributed by atoms with Gasteiger partial charge in [-0.1, -0.05) is 11.2 Å². The van der Waals surface area contributed by atoms with E-state index in [0.717, 1.165) is 42.0 Å². The first-order valence-electron chi connectivity index (χ1n) is 6.58. The lowest BCUT2D eigenvalue weighted by Crippen LogP contribution is -2.09. The van der Waals surface area contributed by atoms with Gasteiger partial charge in [0, 0.05) is 6.07 Å². The average molecular weight is 259 g/mol. The molecule has 1 unspecified atom stereocenters. The van der Waals surface area contributed by atoms with Crippen LogP contribution >= 0.6 is 0 Å². The predicted octanol–water partition coefficient (Wildman–Crippen LogP) is 2.93. The van der Waals surface area contributed by atoms with Gasteiger partial charge in [-0.15, -0.1) is 0 Å². The Bertz CT molecular complexity index is 577. The van der Waals surface area contributed by atoms with Crippen LogP contribution < -0.4 is 4.74 Å². The van der Waals surface area contributed by atoms with E-state index in [-0.39, 0.29) is 6.10 Å². The fourth-order valence-corrected chi connectivity index (χ4v) is 2.49. The van der Waals surface area contributed by atoms with Crippen molar-refractivity contribution in [1.29, 1.82) is 0 Å². The molecule has 0 saturated carbocycles. The van der Waals surface area contributed by atoms with Crippen molar-refractivity contribution in [1.82, 2.24) is 5.16 Å². The molecule has 0 amide bonds. The lowest BCUT2D eigenvalue weighted by molar-refractivity contribution is 0.156. The van der Waals surface area contributed by atoms with Crippen LogP contribution in [0, 0.1) is 6.92 Å². The summed E-state index contributed by atoms with van der Waals surface area (Å²) in [5.41, 5.74) is 3.00. The number of fused-ring (bicyclic) bond motifs is 1. The molecule has 4 heteroatoms. The van der Waals surface area contributed by atoms with Gasteiger partial charge >= 0.3 is 0 Å². The van der Waals surface area contributed by atoms with Crippen molar-refractivity contribution in [2.45, 2.75) is 38.9 Å². The maximum absolute atomic E-state index is 9.99. The van der Waals surface area contributed by atoms with Crippen LogP contribution in [0.25, 0.3) is 0 Å². The maximum atomic E-state index is 9.99. The summed E-state index contributed by atoms with van der Waals surface area (Å²) in [6.45, 7) is 2.23. The molecule has 19 heavy (non-hydrogen) atoms. The molecule has 0 bridgehead atoms. The predicted molar refractivity (Wildman–Crippen MR) is 69.9 cm³/mol. The van der Waals surface area contributed by atoms with E-state index in [0.29, 0.717) is 6.61 Å². The molecule has 1 aromatic carbocycles. The zero-order chi connectivity index (χ0) is 13.2. The second-order valence-electron chi connectivity index (χ2n) is 4.99. The van der Waals surface area contributed by atoms with Gasteiger partial charge in [0.1, 0.15) is 23.8 Å². The number of aromatic nitrogens is 1. The Balaban J connectivity index is 1.73. The standard InChI is InChI=1S/C15H17NO3/c1-10-7-12(16-19-10)9-18-13-6-5-11-3-2-4-15(17)14(11)8-13/h5-8,15,17H,2-4,9H2,1H3. The third-order valence-corrected chi connectivity index (χ3v) is 3.46. The number of rotatable bonds is 3. The smallest absolute Gasteiger partial charge is 0.134 e. The molecule has 1 aliphatic rings. The SMILES string of the molecule is Cc1cc(COc2ccc3c(c2)C(O)CCC3)no1. The Morgan fingerprint density at radius 1 is 1.42 bits per heavy atom. The molecule has 0 radical (unpaired) electrons. The van der Waals surface area contributed by atoms with Crippen molar-refractivity contribution in [3.8, 4) is 5.75 Å². The lowest BCUT2D eigenvalue weighted by Gasteiger charge is -2.21. The van der Waals surface area contributed by atoms with E-state index in [4.69, 9.17) is 9.26 Å². The van der Waals surface area contributed by atoms with Gasteiger partial charge in [-0.2, -0.15) is 0 Å². The van der Waals surface area contributed by atoms with Crippen molar-refractivity contribution in [2.24, 2.45) is 0 Å². The van der Waals surface area contributed by atoms with Crippen LogP contribution in [0.1, 0.15) is 41.5 Å². The minimum Gasteiger partial charge on any atom is -0.487 e. The van der Waals surface area contributed by atoms with Crippen LogP contribution in [0.3, 0.4) is 0 Å². The van der Waals surface area contributed by atoms with E-state index >= 15 is 0 Å². The van der Waals surface area contributed by atoms with Crippen LogP contribution in [0.5, 0.6) is 5.75 Å². The molecule has 2 aromatic rings. The van der Waals surface area contributed by atoms with Gasteiger partial charge in [0.15, 0.2) is 0 Å². The number of benzene rings is 1. The Morgan fingerprint density at radius 2 is 2.32 bits per heavy atom. The number of hydrogen-bond donors (Lipinski definition) is 1. The van der Waals surface area contributed by atoms with E-state index in [2.05, 4.69) is 5.16 Å². The zero-order valence-corrected chi connectivity index (χ0v) is 10.9. The van der Waals surface area contributed by atoms with E-state index in [9.17, 15) is 5.11 Å². The molecular formula is C15H17NO3. The Hall–Kier alpha value is -1.81. The second-order valence-corrected chi connectivity index (χ2v) is 4.99. The molecule has 1 heterocycles. The molecular weight excluding hydrogens is 242 g/mol. The molecule has 3 rings (SSSR count). The number of hydrogen-bond acceptors (Lipinski definition) is 4. The average Bonchev–Trinajstić information content (AvgIpc) is 2.83. The molecule has 100 valence electrons. The minimum atomic E-state index is -0.360. The number of aliphatic hydroxyl groups excluding tert-OH is 1. The number of aliphatic hydroxyl groups is 1. The fraction of sp³-hybridized carbons (Fsp3) is 0.400. The van der Waals surface area contributed by atoms with Gasteiger partial charge in [-0.05, 0) is 49.4 Å². The lowest BCUT2D eigenvalue weighted by atomic mass is 9.89. The van der Waals surface area contributed by atoms with Gasteiger partial charge in [0.2, 0.25) is 0 Å². The Kier molecular flexibility index (Phi) is 3.25. The summed E-state index contributed by atoms with van der Waals surface area (Å²) in [5.74, 6) is 1.54. The first-order chi connectivity index (χ1) is 9.22. The van der Waals surface area contributed by atoms with Crippen molar-refractivity contribution in [2.75, 3.05) is 0 Å². The van der Waals surface area contributed by atoms with Crippen molar-refractivity contribution < 1.29 is 14.4 Å². The third-order valence-electron chi connectivity index (χ3n) is 3.46. The van der Waals surface area contributed by atoms with Gasteiger partial charge in [0.05, 0.1) is 6.10 Å². The molecule has 1 N–H and O–H groups in total. The van der Waals surface area contributed by atoms with Gasteiger partial charge in [0.25, 0.3) is 0 Å². The van der Waals surface area contributed by atoms with E-state index in [1.54, 1.807) is 0 Å². The van der Waals surface area contributed by atoms with E-state index in [1.807, 2.05) is 31.2 Å². The number of ether oxygens (including phenoxy) is 1. The largest absolute Gasteiger partial charge is 0.487 e. The van der Waals surface area contributed by atoms with E-state index in [1.165, 1.54) is 5.56 Å². The van der Waals surface area contributed by atoms with Gasteiger partial charge in [-0.25, -0.2) is 0 Å².